The van der Waals surface area contributed by atoms with Crippen LogP contribution in [0.1, 0.15) is 58.8 Å². The van der Waals surface area contributed by atoms with Crippen LogP contribution < -0.4 is 5.46 Å². The molecular weight excluding hydrogens is 402 g/mol. The molecule has 1 aromatic rings. The molecule has 170 valence electrons. The lowest BCUT2D eigenvalue weighted by molar-refractivity contribution is -0.00907. The topological polar surface area (TPSA) is 68.3 Å². The first kappa shape index (κ1) is 23.5. The van der Waals surface area contributed by atoms with Gasteiger partial charge < -0.3 is 23.8 Å². The van der Waals surface area contributed by atoms with Gasteiger partial charge >= 0.3 is 13.2 Å². The van der Waals surface area contributed by atoms with E-state index in [-0.39, 0.29) is 17.5 Å². The van der Waals surface area contributed by atoms with Gasteiger partial charge in [0.15, 0.2) is 0 Å². The summed E-state index contributed by atoms with van der Waals surface area (Å²) in [5, 5.41) is 0. The Labute approximate surface area is 184 Å². The molecule has 2 aliphatic heterocycles. The Morgan fingerprint density at radius 1 is 1.13 bits per heavy atom. The van der Waals surface area contributed by atoms with Crippen molar-refractivity contribution in [3.8, 4) is 0 Å². The van der Waals surface area contributed by atoms with E-state index in [9.17, 15) is 14.0 Å². The van der Waals surface area contributed by atoms with Crippen LogP contribution in [0.15, 0.2) is 18.2 Å². The molecule has 7 nitrogen and oxygen atoms in total. The van der Waals surface area contributed by atoms with E-state index < -0.39 is 35.8 Å². The number of likely N-dealkylation sites (tertiary alicyclic amines) is 1. The fourth-order valence-electron chi connectivity index (χ4n) is 3.40. The second kappa shape index (κ2) is 7.78. The van der Waals surface area contributed by atoms with Crippen LogP contribution in [-0.2, 0) is 14.0 Å². The Morgan fingerprint density at radius 3 is 2.19 bits per heavy atom. The van der Waals surface area contributed by atoms with Crippen molar-refractivity contribution in [2.75, 3.05) is 20.1 Å². The van der Waals surface area contributed by atoms with Crippen LogP contribution in [0, 0.1) is 5.82 Å². The van der Waals surface area contributed by atoms with Crippen molar-refractivity contribution < 1.29 is 28.0 Å². The molecule has 0 bridgehead atoms. The van der Waals surface area contributed by atoms with Crippen LogP contribution >= 0.6 is 0 Å². The van der Waals surface area contributed by atoms with Crippen molar-refractivity contribution in [1.82, 2.24) is 9.80 Å². The van der Waals surface area contributed by atoms with Crippen LogP contribution in [0.2, 0.25) is 0 Å². The second-order valence-corrected chi connectivity index (χ2v) is 10.3. The van der Waals surface area contributed by atoms with Gasteiger partial charge in [-0.25, -0.2) is 9.18 Å². The molecule has 0 spiro atoms. The number of likely N-dealkylation sites (N-methyl/N-ethyl adjacent to an activating group) is 1. The maximum atomic E-state index is 14.4. The summed E-state index contributed by atoms with van der Waals surface area (Å²) >= 11 is 0. The van der Waals surface area contributed by atoms with Gasteiger partial charge in [0.1, 0.15) is 11.4 Å². The van der Waals surface area contributed by atoms with Crippen molar-refractivity contribution in [3.05, 3.63) is 29.6 Å². The molecule has 0 atom stereocenters. The van der Waals surface area contributed by atoms with Crippen molar-refractivity contribution in [2.45, 2.75) is 71.3 Å². The SMILES string of the molecule is CN(C(=O)c1cc(F)cc(B2OC(C)(C)C(C)(C)O2)c1)C1CN(C(=O)OC(C)(C)C)C1. The summed E-state index contributed by atoms with van der Waals surface area (Å²) in [7, 11) is 0.891. The zero-order chi connectivity index (χ0) is 23.4. The summed E-state index contributed by atoms with van der Waals surface area (Å²) in [5.74, 6) is -0.862. The molecule has 2 fully saturated rings. The van der Waals surface area contributed by atoms with E-state index in [0.29, 0.717) is 18.6 Å². The van der Waals surface area contributed by atoms with Gasteiger partial charge in [0.2, 0.25) is 0 Å². The van der Waals surface area contributed by atoms with Crippen molar-refractivity contribution in [2.24, 2.45) is 0 Å². The molecule has 3 rings (SSSR count). The number of amides is 2. The van der Waals surface area contributed by atoms with Gasteiger partial charge in [0, 0.05) is 25.7 Å². The molecule has 0 unspecified atom stereocenters. The van der Waals surface area contributed by atoms with Crippen LogP contribution in [0.5, 0.6) is 0 Å². The maximum absolute atomic E-state index is 14.4. The van der Waals surface area contributed by atoms with Crippen molar-refractivity contribution >= 4 is 24.6 Å². The second-order valence-electron chi connectivity index (χ2n) is 10.3. The number of nitrogens with zero attached hydrogens (tertiary/aromatic N) is 2. The van der Waals surface area contributed by atoms with Gasteiger partial charge in [0.05, 0.1) is 17.2 Å². The number of hydrogen-bond donors (Lipinski definition) is 0. The lowest BCUT2D eigenvalue weighted by Crippen LogP contribution is -2.61. The number of halogens is 1. The molecule has 0 aliphatic carbocycles. The van der Waals surface area contributed by atoms with E-state index in [2.05, 4.69) is 0 Å². The van der Waals surface area contributed by atoms with Crippen molar-refractivity contribution in [3.63, 3.8) is 0 Å². The molecule has 0 saturated carbocycles. The van der Waals surface area contributed by atoms with Crippen molar-refractivity contribution in [1.29, 1.82) is 0 Å². The number of carbonyl (C=O) groups excluding carboxylic acids is 2. The van der Waals surface area contributed by atoms with E-state index in [1.165, 1.54) is 17.0 Å². The van der Waals surface area contributed by atoms with E-state index in [4.69, 9.17) is 14.0 Å². The van der Waals surface area contributed by atoms with Gasteiger partial charge in [-0.15, -0.1) is 0 Å². The Balaban J connectivity index is 1.68. The summed E-state index contributed by atoms with van der Waals surface area (Å²) in [4.78, 5) is 28.2. The van der Waals surface area contributed by atoms with E-state index in [0.717, 1.165) is 0 Å². The quantitative estimate of drug-likeness (QED) is 0.685. The van der Waals surface area contributed by atoms with Gasteiger partial charge in [-0.05, 0) is 72.1 Å². The van der Waals surface area contributed by atoms with Gasteiger partial charge in [-0.3, -0.25) is 4.79 Å². The summed E-state index contributed by atoms with van der Waals surface area (Å²) in [6, 6.07) is 3.97. The third kappa shape index (κ3) is 4.87. The predicted molar refractivity (Wildman–Crippen MR) is 116 cm³/mol. The monoisotopic (exact) mass is 434 g/mol. The number of carbonyl (C=O) groups is 2. The molecule has 1 aromatic carbocycles. The molecule has 2 aliphatic rings. The maximum Gasteiger partial charge on any atom is 0.494 e. The number of benzene rings is 1. The molecule has 0 aromatic heterocycles. The molecular formula is C22H32BFN2O5. The first-order valence-corrected chi connectivity index (χ1v) is 10.5. The summed E-state index contributed by atoms with van der Waals surface area (Å²) < 4.78 is 31.7. The van der Waals surface area contributed by atoms with E-state index >= 15 is 0 Å². The minimum atomic E-state index is -0.760. The van der Waals surface area contributed by atoms with Gasteiger partial charge in [0.25, 0.3) is 5.91 Å². The van der Waals surface area contributed by atoms with Crippen LogP contribution in [0.3, 0.4) is 0 Å². The Kier molecular flexibility index (Phi) is 5.91. The zero-order valence-corrected chi connectivity index (χ0v) is 19.6. The summed E-state index contributed by atoms with van der Waals surface area (Å²) in [6.45, 7) is 13.8. The van der Waals surface area contributed by atoms with E-state index in [1.54, 1.807) is 38.8 Å². The predicted octanol–water partition coefficient (Wildman–Crippen LogP) is 2.82. The number of hydrogen-bond acceptors (Lipinski definition) is 5. The Morgan fingerprint density at radius 2 is 1.68 bits per heavy atom. The Bertz CT molecular complexity index is 861. The lowest BCUT2D eigenvalue weighted by atomic mass is 9.78. The number of ether oxygens (including phenoxy) is 1. The van der Waals surface area contributed by atoms with Crippen LogP contribution in [0.25, 0.3) is 0 Å². The van der Waals surface area contributed by atoms with E-state index in [1.807, 2.05) is 27.7 Å². The fraction of sp³-hybridized carbons (Fsp3) is 0.636. The summed E-state index contributed by atoms with van der Waals surface area (Å²) in [5.41, 5.74) is -1.04. The minimum Gasteiger partial charge on any atom is -0.444 e. The normalized spacial score (nSPS) is 20.4. The standard InChI is InChI=1S/C22H32BFN2O5/c1-20(2,3)29-19(28)26-12-17(13-26)25(8)18(27)14-9-15(11-16(24)10-14)23-30-21(4,5)22(6,7)31-23/h9-11,17H,12-13H2,1-8H3. The highest BCUT2D eigenvalue weighted by atomic mass is 19.1. The molecule has 2 amide bonds. The van der Waals surface area contributed by atoms with Crippen LogP contribution in [0.4, 0.5) is 9.18 Å². The third-order valence-electron chi connectivity index (χ3n) is 6.07. The number of rotatable bonds is 3. The first-order chi connectivity index (χ1) is 14.1. The van der Waals surface area contributed by atoms with Crippen LogP contribution in [-0.4, -0.2) is 71.9 Å². The minimum absolute atomic E-state index is 0.163. The smallest absolute Gasteiger partial charge is 0.444 e. The molecule has 2 saturated heterocycles. The largest absolute Gasteiger partial charge is 0.494 e. The molecule has 2 heterocycles. The average molecular weight is 434 g/mol. The molecule has 0 N–H and O–H groups in total. The Hall–Kier alpha value is -2.13. The lowest BCUT2D eigenvalue weighted by Gasteiger charge is -2.44. The average Bonchev–Trinajstić information content (AvgIpc) is 2.78. The first-order valence-electron chi connectivity index (χ1n) is 10.5. The molecule has 0 radical (unpaired) electrons. The zero-order valence-electron chi connectivity index (χ0n) is 19.6. The highest BCUT2D eigenvalue weighted by molar-refractivity contribution is 6.62. The third-order valence-corrected chi connectivity index (χ3v) is 6.07. The summed E-state index contributed by atoms with van der Waals surface area (Å²) in [6.07, 6.45) is -0.404. The van der Waals surface area contributed by atoms with Gasteiger partial charge in [-0.1, -0.05) is 0 Å². The highest BCUT2D eigenvalue weighted by Gasteiger charge is 2.52. The highest BCUT2D eigenvalue weighted by Crippen LogP contribution is 2.36. The molecule has 9 heteroatoms. The molecule has 31 heavy (non-hydrogen) atoms. The fourth-order valence-corrected chi connectivity index (χ4v) is 3.40. The van der Waals surface area contributed by atoms with Gasteiger partial charge in [-0.2, -0.15) is 0 Å².